The summed E-state index contributed by atoms with van der Waals surface area (Å²) in [5.74, 6) is 1.12. The summed E-state index contributed by atoms with van der Waals surface area (Å²) >= 11 is 0. The third kappa shape index (κ3) is 2.66. The number of aliphatic hydroxyl groups is 1. The van der Waals surface area contributed by atoms with Crippen LogP contribution >= 0.6 is 0 Å². The molecule has 5 heterocycles. The molecule has 0 saturated heterocycles. The average molecular weight is 392 g/mol. The van der Waals surface area contributed by atoms with E-state index in [0.29, 0.717) is 29.9 Å². The monoisotopic (exact) mass is 392 g/mol. The summed E-state index contributed by atoms with van der Waals surface area (Å²) in [6, 6.07) is 5.83. The fourth-order valence-electron chi connectivity index (χ4n) is 4.00. The van der Waals surface area contributed by atoms with Crippen molar-refractivity contribution in [1.82, 2.24) is 24.6 Å². The third-order valence-electron chi connectivity index (χ3n) is 5.45. The lowest BCUT2D eigenvalue weighted by Crippen LogP contribution is -2.59. The molecule has 9 nitrogen and oxygen atoms in total. The summed E-state index contributed by atoms with van der Waals surface area (Å²) in [6.45, 7) is 2.58. The SMILES string of the molecule is CON(C)Cc1nc2c(N)nc3cc(-c4cccnc4)c[n+]4c3c2n1CC4(C)O. The lowest BCUT2D eigenvalue weighted by Gasteiger charge is -2.26. The largest absolute Gasteiger partial charge is 0.382 e. The van der Waals surface area contributed by atoms with Crippen LogP contribution in [0.15, 0.2) is 36.8 Å². The molecule has 0 saturated carbocycles. The van der Waals surface area contributed by atoms with Gasteiger partial charge in [-0.2, -0.15) is 9.63 Å². The average Bonchev–Trinajstić information content (AvgIpc) is 3.06. The van der Waals surface area contributed by atoms with Crippen LogP contribution in [0.2, 0.25) is 0 Å². The topological polar surface area (TPSA) is 106 Å². The van der Waals surface area contributed by atoms with E-state index < -0.39 is 5.72 Å². The van der Waals surface area contributed by atoms with Crippen LogP contribution in [0.1, 0.15) is 12.7 Å². The normalized spacial score (nSPS) is 18.4. The molecule has 0 spiro atoms. The number of aromatic nitrogens is 5. The van der Waals surface area contributed by atoms with Gasteiger partial charge >= 0.3 is 0 Å². The van der Waals surface area contributed by atoms with E-state index in [1.165, 1.54) is 0 Å². The number of nitrogens with two attached hydrogens (primary N) is 1. The van der Waals surface area contributed by atoms with Crippen LogP contribution in [0.5, 0.6) is 0 Å². The van der Waals surface area contributed by atoms with Crippen LogP contribution < -0.4 is 10.3 Å². The first-order chi connectivity index (χ1) is 13.9. The van der Waals surface area contributed by atoms with E-state index in [2.05, 4.69) is 9.97 Å². The van der Waals surface area contributed by atoms with Gasteiger partial charge in [0.15, 0.2) is 12.0 Å². The Hall–Kier alpha value is -3.14. The number of hydrogen-bond donors (Lipinski definition) is 2. The molecule has 4 aromatic heterocycles. The second-order valence-corrected chi connectivity index (χ2v) is 7.57. The fourth-order valence-corrected chi connectivity index (χ4v) is 4.00. The molecule has 3 N–H and O–H groups in total. The molecule has 0 radical (unpaired) electrons. The molecule has 0 amide bonds. The Morgan fingerprint density at radius 1 is 1.38 bits per heavy atom. The van der Waals surface area contributed by atoms with Crippen molar-refractivity contribution in [2.24, 2.45) is 0 Å². The summed E-state index contributed by atoms with van der Waals surface area (Å²) in [6.07, 6.45) is 5.46. The van der Waals surface area contributed by atoms with Crippen molar-refractivity contribution in [3.05, 3.63) is 42.6 Å². The first kappa shape index (κ1) is 17.9. The number of anilines is 1. The van der Waals surface area contributed by atoms with Crippen LogP contribution in [0, 0.1) is 0 Å². The van der Waals surface area contributed by atoms with Gasteiger partial charge in [-0.25, -0.2) is 9.97 Å². The maximum atomic E-state index is 11.4. The lowest BCUT2D eigenvalue weighted by atomic mass is 10.1. The smallest absolute Gasteiger partial charge is 0.285 e. The molecule has 1 aliphatic rings. The van der Waals surface area contributed by atoms with E-state index in [0.717, 1.165) is 28.0 Å². The van der Waals surface area contributed by atoms with E-state index in [1.807, 2.05) is 40.6 Å². The van der Waals surface area contributed by atoms with E-state index in [-0.39, 0.29) is 0 Å². The second kappa shape index (κ2) is 6.18. The standard InChI is InChI=1S/C20H22N7O2/c1-20(28)11-26-15(10-25(2)29-3)24-16-18(26)17-14(23-19(16)21)7-13(9-27(17)20)12-5-4-6-22-8-12/h4-9,28H,10-11H2,1-3H3,(H2,21,23)/q+1. The molecule has 0 aromatic carbocycles. The number of imidazole rings is 1. The van der Waals surface area contributed by atoms with Crippen LogP contribution in [-0.2, 0) is 23.7 Å². The number of hydroxylamine groups is 2. The Balaban J connectivity index is 1.85. The molecule has 148 valence electrons. The molecular weight excluding hydrogens is 370 g/mol. The van der Waals surface area contributed by atoms with Gasteiger partial charge in [-0.05, 0) is 12.1 Å². The minimum atomic E-state index is -1.17. The zero-order valence-corrected chi connectivity index (χ0v) is 16.5. The minimum Gasteiger partial charge on any atom is -0.382 e. The second-order valence-electron chi connectivity index (χ2n) is 7.57. The van der Waals surface area contributed by atoms with Gasteiger partial charge in [-0.1, -0.05) is 6.07 Å². The van der Waals surface area contributed by atoms with Crippen LogP contribution in [0.4, 0.5) is 5.82 Å². The summed E-state index contributed by atoms with van der Waals surface area (Å²) in [5.41, 5.74) is 9.97. The molecule has 0 bridgehead atoms. The van der Waals surface area contributed by atoms with Crippen molar-refractivity contribution in [3.63, 3.8) is 0 Å². The highest BCUT2D eigenvalue weighted by molar-refractivity contribution is 6.03. The first-order valence-corrected chi connectivity index (χ1v) is 9.31. The quantitative estimate of drug-likeness (QED) is 0.397. The molecule has 1 aliphatic heterocycles. The van der Waals surface area contributed by atoms with E-state index in [4.69, 9.17) is 15.6 Å². The Morgan fingerprint density at radius 2 is 2.21 bits per heavy atom. The highest BCUT2D eigenvalue weighted by atomic mass is 16.7. The molecule has 0 aliphatic carbocycles. The molecule has 5 rings (SSSR count). The molecule has 1 atom stereocenters. The van der Waals surface area contributed by atoms with E-state index in [1.54, 1.807) is 31.5 Å². The number of pyridine rings is 3. The van der Waals surface area contributed by atoms with Crippen LogP contribution in [0.25, 0.3) is 33.2 Å². The number of nitrogens with zero attached hydrogens (tertiary/aromatic N) is 6. The Bertz CT molecular complexity index is 1250. The number of rotatable bonds is 4. The van der Waals surface area contributed by atoms with Crippen molar-refractivity contribution in [2.45, 2.75) is 25.7 Å². The minimum absolute atomic E-state index is 0.336. The predicted molar refractivity (Wildman–Crippen MR) is 107 cm³/mol. The highest BCUT2D eigenvalue weighted by Crippen LogP contribution is 2.34. The molecule has 9 heteroatoms. The summed E-state index contributed by atoms with van der Waals surface area (Å²) in [4.78, 5) is 18.8. The third-order valence-corrected chi connectivity index (χ3v) is 5.45. The van der Waals surface area contributed by atoms with Crippen LogP contribution in [-0.4, -0.2) is 43.8 Å². The van der Waals surface area contributed by atoms with Crippen molar-refractivity contribution in [3.8, 4) is 11.1 Å². The zero-order valence-electron chi connectivity index (χ0n) is 16.5. The van der Waals surface area contributed by atoms with Gasteiger partial charge in [0.1, 0.15) is 28.9 Å². The van der Waals surface area contributed by atoms with Gasteiger partial charge in [0.2, 0.25) is 0 Å². The van der Waals surface area contributed by atoms with Gasteiger partial charge in [0, 0.05) is 37.5 Å². The van der Waals surface area contributed by atoms with Gasteiger partial charge < -0.3 is 20.2 Å². The van der Waals surface area contributed by atoms with Gasteiger partial charge in [-0.15, -0.1) is 0 Å². The molecule has 1 unspecified atom stereocenters. The van der Waals surface area contributed by atoms with Crippen molar-refractivity contribution in [1.29, 1.82) is 0 Å². The van der Waals surface area contributed by atoms with Gasteiger partial charge in [0.05, 0.1) is 13.7 Å². The summed E-state index contributed by atoms with van der Waals surface area (Å²) < 4.78 is 3.87. The Labute approximate surface area is 167 Å². The molecule has 4 aromatic rings. The summed E-state index contributed by atoms with van der Waals surface area (Å²) in [5, 5.41) is 13.0. The number of hydrogen-bond acceptors (Lipinski definition) is 7. The van der Waals surface area contributed by atoms with E-state index in [9.17, 15) is 5.11 Å². The van der Waals surface area contributed by atoms with E-state index >= 15 is 0 Å². The predicted octanol–water partition coefficient (Wildman–Crippen LogP) is 1.19. The lowest BCUT2D eigenvalue weighted by molar-refractivity contribution is -0.785. The maximum absolute atomic E-state index is 11.4. The fraction of sp³-hybridized carbons (Fsp3) is 0.300. The zero-order chi connectivity index (χ0) is 20.3. The van der Waals surface area contributed by atoms with Crippen molar-refractivity contribution >= 4 is 27.9 Å². The maximum Gasteiger partial charge on any atom is 0.285 e. The van der Waals surface area contributed by atoms with Crippen LogP contribution in [0.3, 0.4) is 0 Å². The number of nitrogen functional groups attached to an aromatic ring is 1. The highest BCUT2D eigenvalue weighted by Gasteiger charge is 2.42. The molecule has 29 heavy (non-hydrogen) atoms. The molecule has 0 fully saturated rings. The van der Waals surface area contributed by atoms with Gasteiger partial charge in [0.25, 0.3) is 11.2 Å². The Kier molecular flexibility index (Phi) is 3.82. The van der Waals surface area contributed by atoms with Crippen molar-refractivity contribution in [2.75, 3.05) is 19.9 Å². The molecular formula is C20H22N7O2+. The first-order valence-electron chi connectivity index (χ1n) is 9.31. The Morgan fingerprint density at radius 3 is 2.93 bits per heavy atom. The summed E-state index contributed by atoms with van der Waals surface area (Å²) in [7, 11) is 3.43. The van der Waals surface area contributed by atoms with Gasteiger partial charge in [-0.3, -0.25) is 4.98 Å². The van der Waals surface area contributed by atoms with Crippen molar-refractivity contribution < 1.29 is 14.5 Å².